The normalized spacial score (nSPS) is 23.9. The van der Waals surface area contributed by atoms with E-state index in [0.717, 1.165) is 25.7 Å². The molecule has 1 N–H and O–H groups in total. The third-order valence-corrected chi connectivity index (χ3v) is 7.27. The number of nitrogens with zero attached hydrogens (tertiary/aromatic N) is 2. The van der Waals surface area contributed by atoms with E-state index in [1.165, 1.54) is 12.7 Å². The largest absolute Gasteiger partial charge is 0.385 e. The van der Waals surface area contributed by atoms with E-state index in [-0.39, 0.29) is 5.92 Å². The Bertz CT molecular complexity index is 598. The first-order chi connectivity index (χ1) is 9.93. The van der Waals surface area contributed by atoms with Crippen LogP contribution in [0.5, 0.6) is 0 Å². The zero-order valence-electron chi connectivity index (χ0n) is 12.5. The second kappa shape index (κ2) is 5.39. The van der Waals surface area contributed by atoms with Crippen molar-refractivity contribution >= 4 is 9.84 Å². The number of imidazole rings is 1. The van der Waals surface area contributed by atoms with Gasteiger partial charge >= 0.3 is 0 Å². The maximum absolute atomic E-state index is 11.9. The average Bonchev–Trinajstić information content (AvgIpc) is 3.10. The Morgan fingerprint density at radius 3 is 2.62 bits per heavy atom. The highest BCUT2D eigenvalue weighted by molar-refractivity contribution is 7.92. The van der Waals surface area contributed by atoms with Crippen molar-refractivity contribution in [3.05, 3.63) is 18.2 Å². The molecule has 0 aliphatic heterocycles. The average molecular weight is 312 g/mol. The van der Waals surface area contributed by atoms with Gasteiger partial charge in [-0.05, 0) is 31.6 Å². The molecule has 0 saturated heterocycles. The van der Waals surface area contributed by atoms with Gasteiger partial charge in [0.15, 0.2) is 9.84 Å². The van der Waals surface area contributed by atoms with Gasteiger partial charge in [0.1, 0.15) is 11.9 Å². The minimum absolute atomic E-state index is 0.258. The van der Waals surface area contributed by atoms with Crippen molar-refractivity contribution in [2.45, 2.75) is 62.3 Å². The van der Waals surface area contributed by atoms with E-state index in [9.17, 15) is 13.5 Å². The lowest BCUT2D eigenvalue weighted by Crippen LogP contribution is -2.29. The van der Waals surface area contributed by atoms with Crippen molar-refractivity contribution in [1.82, 2.24) is 9.55 Å². The van der Waals surface area contributed by atoms with Crippen LogP contribution in [0.2, 0.25) is 0 Å². The van der Waals surface area contributed by atoms with Crippen LogP contribution in [0.3, 0.4) is 0 Å². The molecular weight excluding hydrogens is 288 g/mol. The third kappa shape index (κ3) is 2.88. The quantitative estimate of drug-likeness (QED) is 0.903. The first-order valence-corrected chi connectivity index (χ1v) is 9.71. The molecule has 2 fully saturated rings. The molecule has 1 unspecified atom stereocenters. The zero-order chi connectivity index (χ0) is 15.1. The van der Waals surface area contributed by atoms with E-state index < -0.39 is 20.7 Å². The molecule has 3 rings (SSSR count). The van der Waals surface area contributed by atoms with Gasteiger partial charge in [0, 0.05) is 25.2 Å². The lowest BCUT2D eigenvalue weighted by atomic mass is 9.85. The van der Waals surface area contributed by atoms with Crippen LogP contribution in [0.4, 0.5) is 0 Å². The summed E-state index contributed by atoms with van der Waals surface area (Å²) in [5, 5.41) is 10.6. The fourth-order valence-corrected chi connectivity index (χ4v) is 4.69. The van der Waals surface area contributed by atoms with Crippen molar-refractivity contribution in [1.29, 1.82) is 0 Å². The molecule has 118 valence electrons. The molecular formula is C15H24N2O3S. The molecule has 1 atom stereocenters. The van der Waals surface area contributed by atoms with Crippen LogP contribution in [0, 0.1) is 5.92 Å². The molecule has 2 aliphatic carbocycles. The second-order valence-corrected chi connectivity index (χ2v) is 9.12. The molecule has 1 aromatic rings. The van der Waals surface area contributed by atoms with Gasteiger partial charge in [0.2, 0.25) is 0 Å². The smallest absolute Gasteiger partial charge is 0.154 e. The summed E-state index contributed by atoms with van der Waals surface area (Å²) in [7, 11) is -3.06. The monoisotopic (exact) mass is 312 g/mol. The Hall–Kier alpha value is -0.880. The van der Waals surface area contributed by atoms with Crippen LogP contribution >= 0.6 is 0 Å². The van der Waals surface area contributed by atoms with Crippen molar-refractivity contribution in [3.8, 4) is 0 Å². The van der Waals surface area contributed by atoms with Gasteiger partial charge in [-0.2, -0.15) is 0 Å². The molecule has 2 saturated carbocycles. The van der Waals surface area contributed by atoms with Crippen LogP contribution in [0.25, 0.3) is 0 Å². The number of aliphatic hydroxyl groups is 1. The summed E-state index contributed by atoms with van der Waals surface area (Å²) in [6, 6.07) is 0. The zero-order valence-corrected chi connectivity index (χ0v) is 13.3. The van der Waals surface area contributed by atoms with Crippen LogP contribution in [0.15, 0.2) is 12.4 Å². The van der Waals surface area contributed by atoms with Gasteiger partial charge in [-0.15, -0.1) is 0 Å². The third-order valence-electron chi connectivity index (χ3n) is 5.16. The first kappa shape index (κ1) is 15.0. The highest BCUT2D eigenvalue weighted by Gasteiger charge is 2.52. The Kier molecular flexibility index (Phi) is 3.86. The molecule has 21 heavy (non-hydrogen) atoms. The Morgan fingerprint density at radius 1 is 1.38 bits per heavy atom. The lowest BCUT2D eigenvalue weighted by Gasteiger charge is -2.27. The summed E-state index contributed by atoms with van der Waals surface area (Å²) in [5.74, 6) is 0.894. The minimum Gasteiger partial charge on any atom is -0.385 e. The highest BCUT2D eigenvalue weighted by Crippen LogP contribution is 2.45. The standard InChI is InChI=1S/C15H24N2O3S/c1-21(19,20)15(7-8-15)11-17-10-9-16-14(17)13(18)12-5-3-2-4-6-12/h9-10,12-13,18H,2-8,11H2,1H3. The first-order valence-electron chi connectivity index (χ1n) is 7.82. The number of hydrogen-bond donors (Lipinski definition) is 1. The van der Waals surface area contributed by atoms with Crippen LogP contribution < -0.4 is 0 Å². The Balaban J connectivity index is 1.78. The maximum atomic E-state index is 11.9. The van der Waals surface area contributed by atoms with Gasteiger partial charge in [-0.1, -0.05) is 19.3 Å². The van der Waals surface area contributed by atoms with Gasteiger partial charge in [-0.25, -0.2) is 13.4 Å². The number of sulfone groups is 1. The van der Waals surface area contributed by atoms with Gasteiger partial charge < -0.3 is 9.67 Å². The minimum atomic E-state index is -3.06. The summed E-state index contributed by atoms with van der Waals surface area (Å²) in [6.45, 7) is 0.422. The molecule has 2 aliphatic rings. The highest BCUT2D eigenvalue weighted by atomic mass is 32.2. The number of rotatable bonds is 5. The van der Waals surface area contributed by atoms with E-state index in [1.807, 2.05) is 4.57 Å². The molecule has 0 aromatic carbocycles. The summed E-state index contributed by atoms with van der Waals surface area (Å²) in [5.41, 5.74) is 0. The summed E-state index contributed by atoms with van der Waals surface area (Å²) in [4.78, 5) is 4.30. The van der Waals surface area contributed by atoms with Gasteiger partial charge in [0.05, 0.1) is 4.75 Å². The van der Waals surface area contributed by atoms with Crippen LogP contribution in [0.1, 0.15) is 56.9 Å². The number of hydrogen-bond acceptors (Lipinski definition) is 4. The van der Waals surface area contributed by atoms with Crippen LogP contribution in [-0.4, -0.2) is 34.1 Å². The van der Waals surface area contributed by atoms with E-state index in [2.05, 4.69) is 4.98 Å². The fourth-order valence-electron chi connectivity index (χ4n) is 3.48. The molecule has 0 spiro atoms. The molecule has 1 aromatic heterocycles. The molecule has 1 heterocycles. The topological polar surface area (TPSA) is 72.2 Å². The lowest BCUT2D eigenvalue weighted by molar-refractivity contribution is 0.0738. The summed E-state index contributed by atoms with van der Waals surface area (Å²) >= 11 is 0. The molecule has 5 nitrogen and oxygen atoms in total. The fraction of sp³-hybridized carbons (Fsp3) is 0.800. The van der Waals surface area contributed by atoms with E-state index in [4.69, 9.17) is 0 Å². The van der Waals surface area contributed by atoms with Crippen LogP contribution in [-0.2, 0) is 16.4 Å². The molecule has 6 heteroatoms. The van der Waals surface area contributed by atoms with Crippen molar-refractivity contribution in [2.75, 3.05) is 6.26 Å². The van der Waals surface area contributed by atoms with Crippen molar-refractivity contribution < 1.29 is 13.5 Å². The SMILES string of the molecule is CS(=O)(=O)C1(Cn2ccnc2C(O)C2CCCCC2)CC1. The van der Waals surface area contributed by atoms with Gasteiger partial charge in [0.25, 0.3) is 0 Å². The molecule has 0 amide bonds. The second-order valence-electron chi connectivity index (χ2n) is 6.71. The van der Waals surface area contributed by atoms with Crippen molar-refractivity contribution in [3.63, 3.8) is 0 Å². The molecule has 0 radical (unpaired) electrons. The predicted octanol–water partition coefficient (Wildman–Crippen LogP) is 2.07. The van der Waals surface area contributed by atoms with Gasteiger partial charge in [-0.3, -0.25) is 0 Å². The Morgan fingerprint density at radius 2 is 2.05 bits per heavy atom. The summed E-state index contributed by atoms with van der Waals surface area (Å²) in [6.07, 6.45) is 11.3. The number of aromatic nitrogens is 2. The maximum Gasteiger partial charge on any atom is 0.154 e. The van der Waals surface area contributed by atoms with Crippen molar-refractivity contribution in [2.24, 2.45) is 5.92 Å². The predicted molar refractivity (Wildman–Crippen MR) is 80.6 cm³/mol. The molecule has 0 bridgehead atoms. The Labute approximate surface area is 126 Å². The van der Waals surface area contributed by atoms with E-state index in [1.54, 1.807) is 12.4 Å². The van der Waals surface area contributed by atoms with E-state index >= 15 is 0 Å². The number of aliphatic hydroxyl groups excluding tert-OH is 1. The summed E-state index contributed by atoms with van der Waals surface area (Å²) < 4.78 is 25.1. The van der Waals surface area contributed by atoms with E-state index in [0.29, 0.717) is 25.2 Å².